The van der Waals surface area contributed by atoms with Crippen LogP contribution in [0.4, 0.5) is 0 Å². The van der Waals surface area contributed by atoms with E-state index >= 15 is 0 Å². The summed E-state index contributed by atoms with van der Waals surface area (Å²) in [6.45, 7) is 0. The molecule has 0 nitrogen and oxygen atoms in total. The van der Waals surface area contributed by atoms with Crippen molar-refractivity contribution in [1.82, 2.24) is 0 Å². The van der Waals surface area contributed by atoms with Gasteiger partial charge in [0.15, 0.2) is 32.3 Å². The molecule has 0 spiro atoms. The van der Waals surface area contributed by atoms with Gasteiger partial charge in [-0.15, -0.1) is 0 Å². The fourth-order valence-electron chi connectivity index (χ4n) is 23.6. The molecule has 0 aliphatic carbocycles. The third-order valence-corrected chi connectivity index (χ3v) is 49.0. The second-order valence-corrected chi connectivity index (χ2v) is 52.1. The molecule has 0 fully saturated rings. The second kappa shape index (κ2) is 37.4. The molecule has 24 aromatic carbocycles. The molecule has 0 N–H and O–H groups in total. The molecule has 140 heavy (non-hydrogen) atoms. The highest BCUT2D eigenvalue weighted by atomic mass is 28.3. The minimum absolute atomic E-state index is 1.15. The number of hydrogen-bond acceptors (Lipinski definition) is 0. The van der Waals surface area contributed by atoms with Crippen molar-refractivity contribution in [2.75, 3.05) is 0 Å². The van der Waals surface area contributed by atoms with Crippen molar-refractivity contribution in [1.29, 1.82) is 0 Å². The normalized spacial score (nSPS) is 11.9. The Morgan fingerprint density at radius 1 is 0.0857 bits per heavy atom. The molecule has 0 aromatic heterocycles. The van der Waals surface area contributed by atoms with Crippen LogP contribution in [0.5, 0.6) is 0 Å². The summed E-state index contributed by atoms with van der Waals surface area (Å²) < 4.78 is 0. The van der Waals surface area contributed by atoms with Gasteiger partial charge in [0.25, 0.3) is 0 Å². The molecule has 4 heteroatoms. The standard InChI is InChI=1S/C136H98Si4/c1-13-45-103(46-14-1)137(104-47-15-2-16-48-104,105-49-17-3-18-50-105)115-85-77-99(78-86-115)119-69-37-41-73-123(119)131-97-132(124-74-42-38-70-120(124)100-79-87-116(88-80-100)138(106-51-19-4-20-52-106,107-53-21-5-22-54-107)108-55-23-6-24-56-108)128-95-96-130-134(126-76-44-40-72-122(126)102-83-91-118(92-84-102)140(112-63-31-10-32-64-112,113-65-33-11-34-66-113)114-67-35-12-36-68-114)98-133(129-94-93-127(131)135(128)136(129)130)125-75-43-39-71-121(125)101-81-89-117(90-82-101)139(109-57-25-7-26-58-109,110-59-27-8-28-60-110)111-61-29-9-30-62-111/h1-98H. The van der Waals surface area contributed by atoms with Crippen molar-refractivity contribution in [3.63, 3.8) is 0 Å². The van der Waals surface area contributed by atoms with Crippen molar-refractivity contribution in [3.8, 4) is 89.0 Å². The molecule has 0 aliphatic heterocycles. The number of rotatable bonds is 24. The Bertz CT molecular complexity index is 7090. The smallest absolute Gasteiger partial charge is 0.0623 e. The zero-order valence-corrected chi connectivity index (χ0v) is 81.6. The number of hydrogen-bond donors (Lipinski definition) is 0. The van der Waals surface area contributed by atoms with E-state index in [-0.39, 0.29) is 0 Å². The van der Waals surface area contributed by atoms with Crippen LogP contribution in [0.2, 0.25) is 0 Å². The maximum atomic E-state index is 2.56. The average molecular weight is 1840 g/mol. The molecular weight excluding hydrogens is 1750 g/mol. The highest BCUT2D eigenvalue weighted by Gasteiger charge is 2.46. The summed E-state index contributed by atoms with van der Waals surface area (Å²) in [5, 5.41) is 28.6. The Morgan fingerprint density at radius 3 is 0.336 bits per heavy atom. The molecule has 0 saturated carbocycles. The predicted octanol–water partition coefficient (Wildman–Crippen LogP) is 23.4. The van der Waals surface area contributed by atoms with Crippen molar-refractivity contribution in [2.45, 2.75) is 0 Å². The quantitative estimate of drug-likeness (QED) is 0.0321. The van der Waals surface area contributed by atoms with E-state index in [2.05, 4.69) is 595 Å². The lowest BCUT2D eigenvalue weighted by Gasteiger charge is -2.34. The van der Waals surface area contributed by atoms with E-state index in [1.807, 2.05) is 0 Å². The van der Waals surface area contributed by atoms with Crippen LogP contribution in [0.1, 0.15) is 0 Å². The van der Waals surface area contributed by atoms with Crippen LogP contribution in [0, 0.1) is 0 Å². The molecule has 0 heterocycles. The van der Waals surface area contributed by atoms with Crippen LogP contribution >= 0.6 is 0 Å². The largest absolute Gasteiger partial charge is 0.179 e. The molecular formula is C136H98Si4. The summed E-state index contributed by atoms with van der Waals surface area (Å²) >= 11 is 0. The minimum atomic E-state index is -2.90. The maximum Gasteiger partial charge on any atom is 0.179 e. The third kappa shape index (κ3) is 14.7. The maximum absolute atomic E-state index is 2.90. The monoisotopic (exact) mass is 1840 g/mol. The summed E-state index contributed by atoms with van der Waals surface area (Å²) in [4.78, 5) is 0. The van der Waals surface area contributed by atoms with Gasteiger partial charge in [-0.25, -0.2) is 0 Å². The van der Waals surface area contributed by atoms with Crippen LogP contribution in [0.15, 0.2) is 595 Å². The van der Waals surface area contributed by atoms with Crippen LogP contribution in [-0.4, -0.2) is 32.3 Å². The second-order valence-electron chi connectivity index (χ2n) is 36.9. The van der Waals surface area contributed by atoms with Gasteiger partial charge in [-0.05, 0) is 216 Å². The van der Waals surface area contributed by atoms with Crippen LogP contribution in [0.3, 0.4) is 0 Å². The molecule has 0 amide bonds. The SMILES string of the molecule is c1ccc([Si](c2ccccc2)(c2ccccc2)c2ccc(-c3ccccc3-c3cc(-c4ccccc4-c4ccc([Si](c5ccccc5)(c5ccccc5)c5ccccc5)cc4)c4ccc5c(-c6ccccc6-c6ccc([Si](c7ccccc7)(c7ccccc7)c7ccccc7)cc6)cc(-c6ccccc6-c6ccc([Si](c7ccccc7)(c7ccccc7)c7ccccc7)cc6)c6ccc3c4c65)cc2)cc1. The van der Waals surface area contributed by atoms with Gasteiger partial charge in [0.1, 0.15) is 0 Å². The lowest BCUT2D eigenvalue weighted by molar-refractivity contribution is 1.58. The van der Waals surface area contributed by atoms with E-state index in [0.29, 0.717) is 0 Å². The van der Waals surface area contributed by atoms with Gasteiger partial charge in [-0.3, -0.25) is 0 Å². The molecule has 0 unspecified atom stereocenters. The van der Waals surface area contributed by atoms with E-state index < -0.39 is 32.3 Å². The Labute approximate surface area is 824 Å². The van der Waals surface area contributed by atoms with Gasteiger partial charge in [0, 0.05) is 0 Å². The lowest BCUT2D eigenvalue weighted by atomic mass is 9.79. The van der Waals surface area contributed by atoms with Crippen LogP contribution in [0.25, 0.3) is 121 Å². The highest BCUT2D eigenvalue weighted by molar-refractivity contribution is 7.22. The van der Waals surface area contributed by atoms with Gasteiger partial charge < -0.3 is 0 Å². The Balaban J connectivity index is 0.757. The lowest BCUT2D eigenvalue weighted by Crippen LogP contribution is -2.74. The van der Waals surface area contributed by atoms with Crippen molar-refractivity contribution < 1.29 is 0 Å². The van der Waals surface area contributed by atoms with Crippen LogP contribution in [-0.2, 0) is 0 Å². The summed E-state index contributed by atoms with van der Waals surface area (Å²) in [6.07, 6.45) is 0. The average Bonchev–Trinajstić information content (AvgIpc) is 0.701. The molecule has 0 aliphatic rings. The topological polar surface area (TPSA) is 0 Å². The molecule has 0 bridgehead atoms. The fraction of sp³-hybridized carbons (Fsp3) is 0. The van der Waals surface area contributed by atoms with Crippen LogP contribution < -0.4 is 83.0 Å². The van der Waals surface area contributed by atoms with E-state index in [9.17, 15) is 0 Å². The summed E-state index contributed by atoms with van der Waals surface area (Å²) in [7, 11) is -11.6. The predicted molar refractivity (Wildman–Crippen MR) is 608 cm³/mol. The van der Waals surface area contributed by atoms with Gasteiger partial charge in [0.2, 0.25) is 0 Å². The van der Waals surface area contributed by atoms with Crippen molar-refractivity contribution in [3.05, 3.63) is 595 Å². The van der Waals surface area contributed by atoms with Gasteiger partial charge in [-0.2, -0.15) is 0 Å². The summed E-state index contributed by atoms with van der Waals surface area (Å²) in [6, 6.07) is 227. The Morgan fingerprint density at radius 2 is 0.200 bits per heavy atom. The van der Waals surface area contributed by atoms with Gasteiger partial charge in [0.05, 0.1) is 0 Å². The molecule has 0 saturated heterocycles. The van der Waals surface area contributed by atoms with Gasteiger partial charge in [-0.1, -0.05) is 582 Å². The zero-order valence-electron chi connectivity index (χ0n) is 77.6. The van der Waals surface area contributed by atoms with E-state index in [0.717, 1.165) is 89.0 Å². The first kappa shape index (κ1) is 86.1. The van der Waals surface area contributed by atoms with E-state index in [4.69, 9.17) is 0 Å². The first-order valence-electron chi connectivity index (χ1n) is 48.7. The molecule has 0 radical (unpaired) electrons. The first-order chi connectivity index (χ1) is 69.5. The molecule has 24 rings (SSSR count). The van der Waals surface area contributed by atoms with Gasteiger partial charge >= 0.3 is 0 Å². The molecule has 0 atom stereocenters. The highest BCUT2D eigenvalue weighted by Crippen LogP contribution is 2.52. The Hall–Kier alpha value is -16.8. The number of benzene rings is 24. The Kier molecular flexibility index (Phi) is 23.0. The fourth-order valence-corrected chi connectivity index (χ4v) is 42.6. The van der Waals surface area contributed by atoms with E-state index in [1.54, 1.807) is 0 Å². The molecule has 24 aromatic rings. The summed E-state index contributed by atoms with van der Waals surface area (Å²) in [5.41, 5.74) is 18.5. The molecule has 658 valence electrons. The van der Waals surface area contributed by atoms with Crippen molar-refractivity contribution in [2.24, 2.45) is 0 Å². The first-order valence-corrected chi connectivity index (χ1v) is 56.7. The van der Waals surface area contributed by atoms with Crippen molar-refractivity contribution >= 4 is 148 Å². The van der Waals surface area contributed by atoms with E-state index in [1.165, 1.54) is 115 Å². The zero-order chi connectivity index (χ0) is 93.2. The minimum Gasteiger partial charge on any atom is -0.0623 e. The summed E-state index contributed by atoms with van der Waals surface area (Å²) in [5.74, 6) is 0. The third-order valence-electron chi connectivity index (χ3n) is 29.8.